The molecule has 0 fully saturated rings. The monoisotopic (exact) mass is 211 g/mol. The maximum atomic E-state index is 4.76. The van der Waals surface area contributed by atoms with Crippen molar-refractivity contribution in [2.45, 2.75) is 37.3 Å². The number of thiol groups is 1. The topological polar surface area (TPSA) is 16.8 Å². The number of aromatic nitrogens is 2. The molecule has 0 unspecified atom stereocenters. The lowest BCUT2D eigenvalue weighted by atomic mass is 10.2. The Bertz CT molecular complexity index is 323. The van der Waals surface area contributed by atoms with Crippen LogP contribution in [-0.2, 0) is 13.0 Å². The van der Waals surface area contributed by atoms with Crippen LogP contribution in [0.4, 0.5) is 0 Å². The fourth-order valence-corrected chi connectivity index (χ4v) is 2.55. The molecule has 0 N–H and O–H groups in total. The van der Waals surface area contributed by atoms with Gasteiger partial charge in [-0.3, -0.25) is 0 Å². The van der Waals surface area contributed by atoms with Gasteiger partial charge in [0.15, 0.2) is 5.03 Å². The van der Waals surface area contributed by atoms with Crippen LogP contribution in [0.5, 0.6) is 0 Å². The summed E-state index contributed by atoms with van der Waals surface area (Å²) in [6.45, 7) is 1.16. The number of hydrogen-bond donors (Lipinski definition) is 1. The van der Waals surface area contributed by atoms with Crippen molar-refractivity contribution in [1.29, 1.82) is 0 Å². The first-order chi connectivity index (χ1) is 6.77. The van der Waals surface area contributed by atoms with Gasteiger partial charge >= 0.3 is 0 Å². The predicted molar refractivity (Wildman–Crippen MR) is 61.1 cm³/mol. The summed E-state index contributed by atoms with van der Waals surface area (Å²) in [7, 11) is -0.0439. The van der Waals surface area contributed by atoms with Crippen molar-refractivity contribution in [3.05, 3.63) is 18.1 Å². The van der Waals surface area contributed by atoms with Gasteiger partial charge in [-0.05, 0) is 36.8 Å². The molecular formula is C11H19N2S+. The third-order valence-corrected chi connectivity index (χ3v) is 3.90. The van der Waals surface area contributed by atoms with Crippen LogP contribution in [0.2, 0.25) is 0 Å². The molecule has 2 rings (SSSR count). The van der Waals surface area contributed by atoms with Crippen LogP contribution in [0.3, 0.4) is 0 Å². The quantitative estimate of drug-likeness (QED) is 0.425. The van der Waals surface area contributed by atoms with Gasteiger partial charge in [0.05, 0.1) is 19.2 Å². The highest BCUT2D eigenvalue weighted by molar-refractivity contribution is 8.15. The lowest BCUT2D eigenvalue weighted by Crippen LogP contribution is -2.38. The minimum atomic E-state index is -0.0439. The lowest BCUT2D eigenvalue weighted by molar-refractivity contribution is -0.706. The molecule has 3 heteroatoms. The van der Waals surface area contributed by atoms with E-state index >= 15 is 0 Å². The number of nitrogens with zero attached hydrogens (tertiary/aromatic N) is 2. The van der Waals surface area contributed by atoms with E-state index < -0.39 is 0 Å². The zero-order valence-electron chi connectivity index (χ0n) is 9.03. The number of hydrogen-bond acceptors (Lipinski definition) is 1. The van der Waals surface area contributed by atoms with E-state index in [2.05, 4.69) is 29.3 Å². The fraction of sp³-hybridized carbons (Fsp3) is 0.636. The van der Waals surface area contributed by atoms with Crippen LogP contribution in [0.15, 0.2) is 17.3 Å². The molecule has 78 valence electrons. The second-order valence-corrected chi connectivity index (χ2v) is 6.35. The zero-order chi connectivity index (χ0) is 9.97. The standard InChI is InChI=1S/C11H19N2S/c1-14(2)11-7-9-13-8-5-3-4-6-10(13)12-11/h7,9,14H,3-6,8H2,1-2H3/q+1. The molecule has 1 aliphatic heterocycles. The zero-order valence-corrected chi connectivity index (χ0v) is 9.93. The molecule has 0 aliphatic carbocycles. The molecule has 1 aliphatic rings. The average molecular weight is 211 g/mol. The lowest BCUT2D eigenvalue weighted by Gasteiger charge is -2.05. The first-order valence-electron chi connectivity index (χ1n) is 5.34. The molecule has 14 heavy (non-hydrogen) atoms. The number of aryl methyl sites for hydroxylation is 2. The Morgan fingerprint density at radius 2 is 2.14 bits per heavy atom. The van der Waals surface area contributed by atoms with E-state index in [-0.39, 0.29) is 10.9 Å². The largest absolute Gasteiger partial charge is 0.299 e. The van der Waals surface area contributed by atoms with E-state index in [1.165, 1.54) is 30.1 Å². The Kier molecular flexibility index (Phi) is 3.06. The summed E-state index contributed by atoms with van der Waals surface area (Å²) >= 11 is 0. The van der Waals surface area contributed by atoms with Gasteiger partial charge in [0.1, 0.15) is 0 Å². The van der Waals surface area contributed by atoms with Crippen molar-refractivity contribution in [3.8, 4) is 0 Å². The van der Waals surface area contributed by atoms with Gasteiger partial charge in [-0.1, -0.05) is 0 Å². The smallest absolute Gasteiger partial charge is 0.235 e. The van der Waals surface area contributed by atoms with Gasteiger partial charge < -0.3 is 0 Å². The number of rotatable bonds is 1. The predicted octanol–water partition coefficient (Wildman–Crippen LogP) is 1.72. The Balaban J connectivity index is 2.32. The van der Waals surface area contributed by atoms with Gasteiger partial charge in [0.25, 0.3) is 5.82 Å². The van der Waals surface area contributed by atoms with Crippen molar-refractivity contribution >= 4 is 10.9 Å². The van der Waals surface area contributed by atoms with Crippen LogP contribution in [0.1, 0.15) is 25.1 Å². The highest BCUT2D eigenvalue weighted by atomic mass is 32.2. The molecule has 0 saturated heterocycles. The fourth-order valence-electron chi connectivity index (χ4n) is 1.87. The molecule has 2 nitrogen and oxygen atoms in total. The molecule has 0 atom stereocenters. The minimum absolute atomic E-state index is 0.0439. The summed E-state index contributed by atoms with van der Waals surface area (Å²) in [4.78, 5) is 4.76. The summed E-state index contributed by atoms with van der Waals surface area (Å²) < 4.78 is 2.33. The van der Waals surface area contributed by atoms with E-state index in [1.54, 1.807) is 0 Å². The summed E-state index contributed by atoms with van der Waals surface area (Å²) in [6, 6.07) is 2.19. The first kappa shape index (κ1) is 9.97. The minimum Gasteiger partial charge on any atom is -0.235 e. The normalized spacial score (nSPS) is 17.1. The Morgan fingerprint density at radius 1 is 1.29 bits per heavy atom. The average Bonchev–Trinajstić information content (AvgIpc) is 2.41. The van der Waals surface area contributed by atoms with E-state index in [0.29, 0.717) is 0 Å². The number of fused-ring (bicyclic) bond motifs is 1. The van der Waals surface area contributed by atoms with Crippen molar-refractivity contribution < 1.29 is 4.57 Å². The summed E-state index contributed by atoms with van der Waals surface area (Å²) in [6.07, 6.45) is 11.9. The van der Waals surface area contributed by atoms with Crippen LogP contribution in [-0.4, -0.2) is 17.5 Å². The van der Waals surface area contributed by atoms with Gasteiger partial charge in [-0.15, -0.1) is 0 Å². The Morgan fingerprint density at radius 3 is 2.93 bits per heavy atom. The Labute approximate surface area is 88.7 Å². The SMILES string of the molecule is C[SH](C)c1cc[n+]2c(n1)CCCCC2. The van der Waals surface area contributed by atoms with Crippen molar-refractivity contribution in [2.75, 3.05) is 12.5 Å². The molecule has 1 aromatic heterocycles. The van der Waals surface area contributed by atoms with E-state index in [1.807, 2.05) is 0 Å². The molecule has 0 spiro atoms. The highest BCUT2D eigenvalue weighted by Crippen LogP contribution is 2.25. The van der Waals surface area contributed by atoms with Gasteiger partial charge in [0.2, 0.25) is 0 Å². The molecule has 0 bridgehead atoms. The van der Waals surface area contributed by atoms with E-state index in [0.717, 1.165) is 13.0 Å². The van der Waals surface area contributed by atoms with Crippen LogP contribution in [0.25, 0.3) is 0 Å². The van der Waals surface area contributed by atoms with Crippen molar-refractivity contribution in [2.24, 2.45) is 0 Å². The molecule has 0 aromatic carbocycles. The van der Waals surface area contributed by atoms with Crippen LogP contribution >= 0.6 is 10.9 Å². The molecule has 0 amide bonds. The van der Waals surface area contributed by atoms with Gasteiger partial charge in [0, 0.05) is 6.07 Å². The maximum Gasteiger partial charge on any atom is 0.299 e. The van der Waals surface area contributed by atoms with Crippen LogP contribution < -0.4 is 4.57 Å². The third kappa shape index (κ3) is 2.08. The van der Waals surface area contributed by atoms with E-state index in [9.17, 15) is 0 Å². The second-order valence-electron chi connectivity index (χ2n) is 4.10. The van der Waals surface area contributed by atoms with Crippen molar-refractivity contribution in [1.82, 2.24) is 4.98 Å². The first-order valence-corrected chi connectivity index (χ1v) is 7.57. The summed E-state index contributed by atoms with van der Waals surface area (Å²) in [5.74, 6) is 1.30. The van der Waals surface area contributed by atoms with Gasteiger partial charge in [-0.2, -0.15) is 10.9 Å². The van der Waals surface area contributed by atoms with Gasteiger partial charge in [-0.25, -0.2) is 4.57 Å². The molecule has 0 saturated carbocycles. The molecule has 2 heterocycles. The summed E-state index contributed by atoms with van der Waals surface area (Å²) in [5.41, 5.74) is 0. The molecular weight excluding hydrogens is 192 g/mol. The van der Waals surface area contributed by atoms with Crippen molar-refractivity contribution in [3.63, 3.8) is 0 Å². The van der Waals surface area contributed by atoms with Crippen LogP contribution in [0, 0.1) is 0 Å². The Hall–Kier alpha value is -0.570. The van der Waals surface area contributed by atoms with E-state index in [4.69, 9.17) is 4.98 Å². The highest BCUT2D eigenvalue weighted by Gasteiger charge is 2.17. The molecule has 1 aromatic rings. The maximum absolute atomic E-state index is 4.76. The third-order valence-electron chi connectivity index (χ3n) is 2.74. The summed E-state index contributed by atoms with van der Waals surface area (Å²) in [5, 5.41) is 1.30. The molecule has 0 radical (unpaired) electrons. The second kappa shape index (κ2) is 4.30.